The number of hydrogen-bond donors (Lipinski definition) is 2. The SMILES string of the molecule is Cc1cn(C(C)(C)C)c(=O)c(C(=O)NC(C)(C)C)c1O. The standard InChI is InChI=1S/C15H24N2O3/c1-9-8-17(15(5,6)7)13(20)10(11(9)18)12(19)16-14(2,3)4/h8,18H,1-7H3,(H,16,19). The second kappa shape index (κ2) is 4.96. The summed E-state index contributed by atoms with van der Waals surface area (Å²) in [5.74, 6) is -0.807. The van der Waals surface area contributed by atoms with E-state index in [4.69, 9.17) is 0 Å². The molecule has 0 aliphatic heterocycles. The van der Waals surface area contributed by atoms with Crippen molar-refractivity contribution in [3.05, 3.63) is 27.7 Å². The molecule has 0 bridgehead atoms. The molecule has 0 saturated carbocycles. The average molecular weight is 280 g/mol. The zero-order valence-electron chi connectivity index (χ0n) is 13.3. The van der Waals surface area contributed by atoms with Gasteiger partial charge in [-0.25, -0.2) is 0 Å². The topological polar surface area (TPSA) is 71.3 Å². The lowest BCUT2D eigenvalue weighted by Gasteiger charge is -2.25. The van der Waals surface area contributed by atoms with Gasteiger partial charge < -0.3 is 15.0 Å². The van der Waals surface area contributed by atoms with Crippen molar-refractivity contribution < 1.29 is 9.90 Å². The molecule has 1 amide bonds. The maximum Gasteiger partial charge on any atom is 0.267 e. The van der Waals surface area contributed by atoms with Crippen LogP contribution in [0.15, 0.2) is 11.0 Å². The second-order valence-electron chi connectivity index (χ2n) is 7.09. The highest BCUT2D eigenvalue weighted by Crippen LogP contribution is 2.22. The first-order valence-corrected chi connectivity index (χ1v) is 6.63. The van der Waals surface area contributed by atoms with Crippen LogP contribution in [0, 0.1) is 6.92 Å². The molecule has 1 rings (SSSR count). The summed E-state index contributed by atoms with van der Waals surface area (Å²) in [5, 5.41) is 12.8. The molecule has 5 heteroatoms. The number of pyridine rings is 1. The largest absolute Gasteiger partial charge is 0.507 e. The number of rotatable bonds is 1. The third-order valence-corrected chi connectivity index (χ3v) is 2.80. The number of nitrogens with zero attached hydrogens (tertiary/aromatic N) is 1. The van der Waals surface area contributed by atoms with E-state index in [2.05, 4.69) is 5.32 Å². The lowest BCUT2D eigenvalue weighted by molar-refractivity contribution is 0.0913. The molecular formula is C15H24N2O3. The Hall–Kier alpha value is -1.78. The highest BCUT2D eigenvalue weighted by atomic mass is 16.3. The molecule has 0 aromatic carbocycles. The van der Waals surface area contributed by atoms with Crippen molar-refractivity contribution in [3.63, 3.8) is 0 Å². The quantitative estimate of drug-likeness (QED) is 0.828. The molecule has 112 valence electrons. The molecule has 1 aromatic heterocycles. The minimum Gasteiger partial charge on any atom is -0.507 e. The molecule has 0 atom stereocenters. The van der Waals surface area contributed by atoms with Crippen LogP contribution in [0.5, 0.6) is 5.75 Å². The van der Waals surface area contributed by atoms with Gasteiger partial charge in [-0.15, -0.1) is 0 Å². The number of carbonyl (C=O) groups excluding carboxylic acids is 1. The normalized spacial score (nSPS) is 12.3. The third kappa shape index (κ3) is 3.40. The monoisotopic (exact) mass is 280 g/mol. The van der Waals surface area contributed by atoms with Crippen LogP contribution in [0.3, 0.4) is 0 Å². The van der Waals surface area contributed by atoms with Gasteiger partial charge in [0.1, 0.15) is 11.3 Å². The zero-order valence-corrected chi connectivity index (χ0v) is 13.3. The molecule has 0 unspecified atom stereocenters. The Morgan fingerprint density at radius 1 is 1.20 bits per heavy atom. The Bertz CT molecular complexity index is 587. The van der Waals surface area contributed by atoms with Crippen molar-refractivity contribution in [3.8, 4) is 5.75 Å². The minimum atomic E-state index is -0.554. The van der Waals surface area contributed by atoms with Crippen molar-refractivity contribution in [1.29, 1.82) is 0 Å². The third-order valence-electron chi connectivity index (χ3n) is 2.80. The van der Waals surface area contributed by atoms with E-state index in [9.17, 15) is 14.7 Å². The van der Waals surface area contributed by atoms with Crippen LogP contribution in [0.4, 0.5) is 0 Å². The van der Waals surface area contributed by atoms with Crippen LogP contribution >= 0.6 is 0 Å². The average Bonchev–Trinajstić information content (AvgIpc) is 2.19. The van der Waals surface area contributed by atoms with Crippen LogP contribution in [0.25, 0.3) is 0 Å². The van der Waals surface area contributed by atoms with Gasteiger partial charge >= 0.3 is 0 Å². The Balaban J connectivity index is 3.51. The van der Waals surface area contributed by atoms with Crippen LogP contribution in [-0.4, -0.2) is 21.1 Å². The van der Waals surface area contributed by atoms with Crippen molar-refractivity contribution in [2.75, 3.05) is 0 Å². The Morgan fingerprint density at radius 2 is 1.70 bits per heavy atom. The lowest BCUT2D eigenvalue weighted by atomic mass is 10.0. The maximum atomic E-state index is 12.5. The minimum absolute atomic E-state index is 0.199. The predicted octanol–water partition coefficient (Wildman–Crippen LogP) is 2.15. The van der Waals surface area contributed by atoms with E-state index in [0.717, 1.165) is 0 Å². The Kier molecular flexibility index (Phi) is 4.04. The highest BCUT2D eigenvalue weighted by molar-refractivity contribution is 5.97. The van der Waals surface area contributed by atoms with E-state index in [1.54, 1.807) is 13.1 Å². The molecule has 0 aliphatic carbocycles. The van der Waals surface area contributed by atoms with E-state index in [1.165, 1.54) is 4.57 Å². The summed E-state index contributed by atoms with van der Waals surface area (Å²) in [6, 6.07) is 0. The number of amides is 1. The molecule has 0 radical (unpaired) electrons. The van der Waals surface area contributed by atoms with Gasteiger partial charge in [-0.2, -0.15) is 0 Å². The van der Waals surface area contributed by atoms with Crippen molar-refractivity contribution in [1.82, 2.24) is 9.88 Å². The molecule has 5 nitrogen and oxygen atoms in total. The van der Waals surface area contributed by atoms with Crippen LogP contribution in [-0.2, 0) is 5.54 Å². The first-order valence-electron chi connectivity index (χ1n) is 6.63. The summed E-state index contributed by atoms with van der Waals surface area (Å²) in [6.07, 6.45) is 1.57. The van der Waals surface area contributed by atoms with Gasteiger partial charge in [0.15, 0.2) is 0 Å². The Morgan fingerprint density at radius 3 is 2.10 bits per heavy atom. The second-order valence-corrected chi connectivity index (χ2v) is 7.09. The van der Waals surface area contributed by atoms with Gasteiger partial charge in [0.25, 0.3) is 11.5 Å². The molecular weight excluding hydrogens is 256 g/mol. The number of hydrogen-bond acceptors (Lipinski definition) is 3. The summed E-state index contributed by atoms with van der Waals surface area (Å²) in [5.41, 5.74) is -1.13. The first-order chi connectivity index (χ1) is 8.84. The summed E-state index contributed by atoms with van der Waals surface area (Å²) in [6.45, 7) is 12.7. The molecule has 0 saturated heterocycles. The van der Waals surface area contributed by atoms with Crippen molar-refractivity contribution >= 4 is 5.91 Å². The van der Waals surface area contributed by atoms with Gasteiger partial charge in [-0.05, 0) is 48.5 Å². The first kappa shape index (κ1) is 16.3. The molecule has 0 fully saturated rings. The smallest absolute Gasteiger partial charge is 0.267 e. The number of aryl methyl sites for hydroxylation is 1. The zero-order chi connectivity index (χ0) is 15.9. The van der Waals surface area contributed by atoms with Gasteiger partial charge in [-0.1, -0.05) is 0 Å². The van der Waals surface area contributed by atoms with Gasteiger partial charge in [0.2, 0.25) is 0 Å². The maximum absolute atomic E-state index is 12.5. The summed E-state index contributed by atoms with van der Waals surface area (Å²) < 4.78 is 1.47. The molecule has 1 aromatic rings. The number of carbonyl (C=O) groups is 1. The predicted molar refractivity (Wildman–Crippen MR) is 79.3 cm³/mol. The van der Waals surface area contributed by atoms with Crippen molar-refractivity contribution in [2.45, 2.75) is 59.5 Å². The van der Waals surface area contributed by atoms with E-state index < -0.39 is 22.5 Å². The number of aromatic hydroxyl groups is 1. The molecule has 2 N–H and O–H groups in total. The number of nitrogens with one attached hydrogen (secondary N) is 1. The fourth-order valence-electron chi connectivity index (χ4n) is 1.84. The fraction of sp³-hybridized carbons (Fsp3) is 0.600. The number of aromatic nitrogens is 1. The van der Waals surface area contributed by atoms with Crippen LogP contribution in [0.1, 0.15) is 57.5 Å². The molecule has 20 heavy (non-hydrogen) atoms. The summed E-state index contributed by atoms with van der Waals surface area (Å²) >= 11 is 0. The van der Waals surface area contributed by atoms with E-state index >= 15 is 0 Å². The summed E-state index contributed by atoms with van der Waals surface area (Å²) in [7, 11) is 0. The molecule has 0 spiro atoms. The van der Waals surface area contributed by atoms with Gasteiger partial charge in [0.05, 0.1) is 0 Å². The summed E-state index contributed by atoms with van der Waals surface area (Å²) in [4.78, 5) is 24.7. The van der Waals surface area contributed by atoms with Crippen LogP contribution < -0.4 is 10.9 Å². The van der Waals surface area contributed by atoms with Gasteiger partial charge in [0, 0.05) is 22.8 Å². The van der Waals surface area contributed by atoms with E-state index in [0.29, 0.717) is 5.56 Å². The van der Waals surface area contributed by atoms with Crippen LogP contribution in [0.2, 0.25) is 0 Å². The lowest BCUT2D eigenvalue weighted by Crippen LogP contribution is -2.45. The fourth-order valence-corrected chi connectivity index (χ4v) is 1.84. The van der Waals surface area contributed by atoms with Crippen molar-refractivity contribution in [2.24, 2.45) is 0 Å². The molecule has 1 heterocycles. The van der Waals surface area contributed by atoms with E-state index in [-0.39, 0.29) is 11.3 Å². The van der Waals surface area contributed by atoms with E-state index in [1.807, 2.05) is 41.5 Å². The van der Waals surface area contributed by atoms with Gasteiger partial charge in [-0.3, -0.25) is 9.59 Å². The highest BCUT2D eigenvalue weighted by Gasteiger charge is 2.26. The molecule has 0 aliphatic rings. The Labute approximate surface area is 119 Å².